The molecule has 2 aliphatic rings. The third-order valence-electron chi connectivity index (χ3n) is 4.12. The van der Waals surface area contributed by atoms with E-state index in [1.54, 1.807) is 0 Å². The molecule has 0 radical (unpaired) electrons. The van der Waals surface area contributed by atoms with Gasteiger partial charge in [0.1, 0.15) is 0 Å². The number of aliphatic carboxylic acids is 1. The van der Waals surface area contributed by atoms with Gasteiger partial charge in [-0.15, -0.1) is 0 Å². The fraction of sp³-hybridized carbons (Fsp3) is 0.812. The number of hydrogen-bond acceptors (Lipinski definition) is 4. The van der Waals surface area contributed by atoms with E-state index in [1.807, 2.05) is 13.8 Å². The zero-order chi connectivity index (χ0) is 15.3. The molecule has 0 spiro atoms. The second-order valence-electron chi connectivity index (χ2n) is 6.32. The van der Waals surface area contributed by atoms with Crippen LogP contribution in [0.1, 0.15) is 39.5 Å². The van der Waals surface area contributed by atoms with Gasteiger partial charge in [-0.2, -0.15) is 0 Å². The van der Waals surface area contributed by atoms with Gasteiger partial charge in [-0.3, -0.25) is 4.79 Å². The first-order valence-corrected chi connectivity index (χ1v) is 7.74. The average molecular weight is 298 g/mol. The molecule has 0 aromatic carbocycles. The topological polar surface area (TPSA) is 65.0 Å². The summed E-state index contributed by atoms with van der Waals surface area (Å²) in [6.45, 7) is 6.03. The molecule has 3 atom stereocenters. The molecule has 0 aromatic heterocycles. The highest BCUT2D eigenvalue weighted by Crippen LogP contribution is 2.35. The molecule has 5 heteroatoms. The Balaban J connectivity index is 1.72. The van der Waals surface area contributed by atoms with Gasteiger partial charge in [-0.1, -0.05) is 12.2 Å². The lowest BCUT2D eigenvalue weighted by molar-refractivity contribution is -0.145. The number of carboxylic acid groups (broad SMARTS) is 1. The van der Waals surface area contributed by atoms with E-state index in [4.69, 9.17) is 19.3 Å². The molecule has 0 amide bonds. The molecular formula is C16H26O5. The Labute approximate surface area is 126 Å². The molecule has 0 bridgehead atoms. The number of hydrogen-bond donors (Lipinski definition) is 1. The van der Waals surface area contributed by atoms with Crippen LogP contribution in [0.5, 0.6) is 0 Å². The first-order chi connectivity index (χ1) is 9.98. The minimum atomic E-state index is -0.728. The van der Waals surface area contributed by atoms with E-state index in [-0.39, 0.29) is 12.5 Å². The number of carboxylic acids is 1. The maximum absolute atomic E-state index is 10.4. The van der Waals surface area contributed by atoms with Gasteiger partial charge in [-0.05, 0) is 39.0 Å². The van der Waals surface area contributed by atoms with Gasteiger partial charge in [0.2, 0.25) is 0 Å². The van der Waals surface area contributed by atoms with Gasteiger partial charge in [0, 0.05) is 12.3 Å². The SMILES string of the molecule is CC1(C)OCC([C@@H]2COC[C@@H]2C/C=C\CCCC(=O)O)O1. The van der Waals surface area contributed by atoms with Crippen LogP contribution >= 0.6 is 0 Å². The van der Waals surface area contributed by atoms with E-state index < -0.39 is 11.8 Å². The molecule has 1 N–H and O–H groups in total. The summed E-state index contributed by atoms with van der Waals surface area (Å²) in [5.74, 6) is -0.364. The largest absolute Gasteiger partial charge is 0.481 e. The zero-order valence-electron chi connectivity index (χ0n) is 12.9. The normalized spacial score (nSPS) is 32.0. The van der Waals surface area contributed by atoms with E-state index in [1.165, 1.54) is 0 Å². The maximum Gasteiger partial charge on any atom is 0.303 e. The van der Waals surface area contributed by atoms with Gasteiger partial charge in [0.25, 0.3) is 0 Å². The lowest BCUT2D eigenvalue weighted by Gasteiger charge is -2.23. The molecule has 120 valence electrons. The van der Waals surface area contributed by atoms with Crippen molar-refractivity contribution in [1.82, 2.24) is 0 Å². The summed E-state index contributed by atoms with van der Waals surface area (Å²) in [5.41, 5.74) is 0. The molecule has 1 unspecified atom stereocenters. The van der Waals surface area contributed by atoms with E-state index >= 15 is 0 Å². The first-order valence-electron chi connectivity index (χ1n) is 7.74. The summed E-state index contributed by atoms with van der Waals surface area (Å²) in [4.78, 5) is 10.4. The number of carbonyl (C=O) groups is 1. The van der Waals surface area contributed by atoms with Crippen LogP contribution in [0.15, 0.2) is 12.2 Å². The molecule has 2 rings (SSSR count). The van der Waals surface area contributed by atoms with E-state index in [9.17, 15) is 4.79 Å². The van der Waals surface area contributed by atoms with Crippen molar-refractivity contribution < 1.29 is 24.1 Å². The fourth-order valence-corrected chi connectivity index (χ4v) is 2.96. The minimum Gasteiger partial charge on any atom is -0.481 e. The Hall–Kier alpha value is -0.910. The van der Waals surface area contributed by atoms with Crippen molar-refractivity contribution in [3.8, 4) is 0 Å². The van der Waals surface area contributed by atoms with Crippen LogP contribution in [0, 0.1) is 11.8 Å². The van der Waals surface area contributed by atoms with E-state index in [0.717, 1.165) is 26.1 Å². The van der Waals surface area contributed by atoms with Crippen molar-refractivity contribution in [3.05, 3.63) is 12.2 Å². The van der Waals surface area contributed by atoms with Gasteiger partial charge in [0.05, 0.1) is 25.9 Å². The lowest BCUT2D eigenvalue weighted by Crippen LogP contribution is -2.31. The number of rotatable bonds is 7. The van der Waals surface area contributed by atoms with Crippen molar-refractivity contribution >= 4 is 5.97 Å². The predicted molar refractivity (Wildman–Crippen MR) is 77.9 cm³/mol. The van der Waals surface area contributed by atoms with Gasteiger partial charge < -0.3 is 19.3 Å². The first kappa shape index (κ1) is 16.5. The highest BCUT2D eigenvalue weighted by atomic mass is 16.7. The minimum absolute atomic E-state index is 0.118. The smallest absolute Gasteiger partial charge is 0.303 e. The van der Waals surface area contributed by atoms with Crippen LogP contribution in [0.25, 0.3) is 0 Å². The second-order valence-corrected chi connectivity index (χ2v) is 6.32. The summed E-state index contributed by atoms with van der Waals surface area (Å²) < 4.78 is 17.2. The van der Waals surface area contributed by atoms with Crippen LogP contribution in [0.4, 0.5) is 0 Å². The Kier molecular flexibility index (Phi) is 5.79. The fourth-order valence-electron chi connectivity index (χ4n) is 2.96. The van der Waals surface area contributed by atoms with Crippen molar-refractivity contribution in [2.45, 2.75) is 51.4 Å². The summed E-state index contributed by atoms with van der Waals surface area (Å²) in [6.07, 6.45) is 7.06. The van der Waals surface area contributed by atoms with Crippen molar-refractivity contribution in [1.29, 1.82) is 0 Å². The molecule has 2 heterocycles. The Bertz CT molecular complexity index is 377. The summed E-state index contributed by atoms with van der Waals surface area (Å²) >= 11 is 0. The van der Waals surface area contributed by atoms with Gasteiger partial charge in [-0.25, -0.2) is 0 Å². The van der Waals surface area contributed by atoms with Crippen LogP contribution in [0.3, 0.4) is 0 Å². The van der Waals surface area contributed by atoms with Crippen LogP contribution in [0.2, 0.25) is 0 Å². The van der Waals surface area contributed by atoms with Crippen molar-refractivity contribution in [2.75, 3.05) is 19.8 Å². The summed E-state index contributed by atoms with van der Waals surface area (Å²) in [6, 6.07) is 0. The molecule has 5 nitrogen and oxygen atoms in total. The highest BCUT2D eigenvalue weighted by Gasteiger charge is 2.42. The number of unbranched alkanes of at least 4 members (excludes halogenated alkanes) is 1. The van der Waals surface area contributed by atoms with Crippen LogP contribution in [-0.4, -0.2) is 42.8 Å². The monoisotopic (exact) mass is 298 g/mol. The number of allylic oxidation sites excluding steroid dienone is 2. The average Bonchev–Trinajstić information content (AvgIpc) is 2.99. The quantitative estimate of drug-likeness (QED) is 0.578. The molecular weight excluding hydrogens is 272 g/mol. The van der Waals surface area contributed by atoms with Crippen molar-refractivity contribution in [3.63, 3.8) is 0 Å². The Morgan fingerprint density at radius 2 is 2.10 bits per heavy atom. The van der Waals surface area contributed by atoms with Crippen molar-refractivity contribution in [2.24, 2.45) is 11.8 Å². The zero-order valence-corrected chi connectivity index (χ0v) is 12.9. The highest BCUT2D eigenvalue weighted by molar-refractivity contribution is 5.66. The molecule has 0 saturated carbocycles. The second kappa shape index (κ2) is 7.38. The predicted octanol–water partition coefficient (Wildman–Crippen LogP) is 2.60. The standard InChI is InChI=1S/C16H26O5/c1-16(2)20-11-14(21-16)13-10-19-9-12(13)7-5-3-4-6-8-15(17)18/h3,5,12-14H,4,6-11H2,1-2H3,(H,17,18)/b5-3-/t12-,13+,14?/m0/s1. The molecule has 2 aliphatic heterocycles. The lowest BCUT2D eigenvalue weighted by atomic mass is 9.88. The number of ether oxygens (including phenoxy) is 3. The van der Waals surface area contributed by atoms with E-state index in [0.29, 0.717) is 24.9 Å². The molecule has 2 saturated heterocycles. The van der Waals surface area contributed by atoms with Crippen LogP contribution in [-0.2, 0) is 19.0 Å². The molecule has 2 fully saturated rings. The van der Waals surface area contributed by atoms with Gasteiger partial charge in [0.15, 0.2) is 5.79 Å². The molecule has 21 heavy (non-hydrogen) atoms. The molecule has 0 aromatic rings. The third kappa shape index (κ3) is 5.09. The Morgan fingerprint density at radius 3 is 2.76 bits per heavy atom. The Morgan fingerprint density at radius 1 is 1.29 bits per heavy atom. The summed E-state index contributed by atoms with van der Waals surface area (Å²) in [5, 5.41) is 8.57. The summed E-state index contributed by atoms with van der Waals surface area (Å²) in [7, 11) is 0. The maximum atomic E-state index is 10.4. The van der Waals surface area contributed by atoms with Crippen LogP contribution < -0.4 is 0 Å². The molecule has 0 aliphatic carbocycles. The van der Waals surface area contributed by atoms with E-state index in [2.05, 4.69) is 12.2 Å². The van der Waals surface area contributed by atoms with Gasteiger partial charge >= 0.3 is 5.97 Å². The third-order valence-corrected chi connectivity index (χ3v) is 4.12.